The highest BCUT2D eigenvalue weighted by molar-refractivity contribution is 4.96. The Balaban J connectivity index is 2.63. The van der Waals surface area contributed by atoms with E-state index in [-0.39, 0.29) is 6.10 Å². The Hall–Kier alpha value is -0.870. The molecule has 1 aromatic rings. The van der Waals surface area contributed by atoms with Crippen molar-refractivity contribution in [3.8, 4) is 0 Å². The molecule has 2 unspecified atom stereocenters. The maximum absolute atomic E-state index is 9.96. The molecule has 1 N–H and O–H groups in total. The molecule has 1 rings (SSSR count). The van der Waals surface area contributed by atoms with E-state index in [0.717, 1.165) is 18.8 Å². The number of aliphatic hydroxyl groups excluding tert-OH is 1. The van der Waals surface area contributed by atoms with Crippen LogP contribution in [0.1, 0.15) is 38.6 Å². The van der Waals surface area contributed by atoms with Crippen molar-refractivity contribution in [1.29, 1.82) is 0 Å². The van der Waals surface area contributed by atoms with Gasteiger partial charge in [0.25, 0.3) is 0 Å². The average Bonchev–Trinajstić information content (AvgIpc) is 2.66. The predicted molar refractivity (Wildman–Crippen MR) is 58.6 cm³/mol. The second-order valence-corrected chi connectivity index (χ2v) is 3.78. The van der Waals surface area contributed by atoms with Crippen LogP contribution in [0.25, 0.3) is 0 Å². The molecule has 0 aliphatic rings. The van der Waals surface area contributed by atoms with Gasteiger partial charge in [0.2, 0.25) is 0 Å². The van der Waals surface area contributed by atoms with E-state index in [1.165, 1.54) is 0 Å². The Morgan fingerprint density at radius 2 is 2.33 bits per heavy atom. The summed E-state index contributed by atoms with van der Waals surface area (Å²) in [5.74, 6) is 0.737. The minimum atomic E-state index is -0.540. The topological polar surface area (TPSA) is 47.3 Å². The van der Waals surface area contributed by atoms with E-state index in [1.54, 1.807) is 13.3 Å². The number of hydrogen-bond acceptors (Lipinski definition) is 3. The van der Waals surface area contributed by atoms with E-state index >= 15 is 0 Å². The summed E-state index contributed by atoms with van der Waals surface area (Å²) in [7, 11) is 1.65. The summed E-state index contributed by atoms with van der Waals surface area (Å²) in [6, 6.07) is 0. The molecule has 0 aliphatic heterocycles. The molecule has 4 heteroatoms. The Morgan fingerprint density at radius 1 is 1.60 bits per heavy atom. The summed E-state index contributed by atoms with van der Waals surface area (Å²) < 4.78 is 7.11. The molecule has 86 valence electrons. The molecule has 0 spiro atoms. The van der Waals surface area contributed by atoms with Gasteiger partial charge in [-0.15, -0.1) is 0 Å². The van der Waals surface area contributed by atoms with Crippen molar-refractivity contribution >= 4 is 0 Å². The average molecular weight is 212 g/mol. The fourth-order valence-electron chi connectivity index (χ4n) is 1.56. The highest BCUT2D eigenvalue weighted by Crippen LogP contribution is 2.17. The molecule has 0 aliphatic carbocycles. The zero-order valence-electron chi connectivity index (χ0n) is 9.68. The highest BCUT2D eigenvalue weighted by Gasteiger charge is 2.16. The molecule has 0 saturated heterocycles. The third kappa shape index (κ3) is 3.32. The third-order valence-electron chi connectivity index (χ3n) is 2.47. The molecule has 0 aromatic carbocycles. The minimum Gasteiger partial charge on any atom is -0.385 e. The number of aryl methyl sites for hydroxylation is 1. The van der Waals surface area contributed by atoms with Crippen molar-refractivity contribution in [3.63, 3.8) is 0 Å². The smallest absolute Gasteiger partial charge is 0.137 e. The van der Waals surface area contributed by atoms with Gasteiger partial charge in [-0.05, 0) is 13.3 Å². The van der Waals surface area contributed by atoms with Crippen molar-refractivity contribution in [1.82, 2.24) is 9.55 Å². The monoisotopic (exact) mass is 212 g/mol. The maximum atomic E-state index is 9.96. The number of rotatable bonds is 6. The first kappa shape index (κ1) is 12.2. The molecule has 0 fully saturated rings. The van der Waals surface area contributed by atoms with Gasteiger partial charge in [0, 0.05) is 32.5 Å². The summed E-state index contributed by atoms with van der Waals surface area (Å²) in [6.45, 7) is 4.94. The molecule has 1 aromatic heterocycles. The molecule has 0 bridgehead atoms. The van der Waals surface area contributed by atoms with Crippen molar-refractivity contribution in [2.24, 2.45) is 0 Å². The maximum Gasteiger partial charge on any atom is 0.137 e. The summed E-state index contributed by atoms with van der Waals surface area (Å²) in [5, 5.41) is 9.96. The van der Waals surface area contributed by atoms with Gasteiger partial charge < -0.3 is 14.4 Å². The molecule has 0 amide bonds. The number of hydrogen-bond donors (Lipinski definition) is 1. The quantitative estimate of drug-likeness (QED) is 0.781. The summed E-state index contributed by atoms with van der Waals surface area (Å²) in [5.41, 5.74) is 0. The normalized spacial score (nSPS) is 15.2. The number of aliphatic hydroxyl groups is 1. The summed E-state index contributed by atoms with van der Waals surface area (Å²) in [6.07, 6.45) is 4.76. The summed E-state index contributed by atoms with van der Waals surface area (Å²) >= 11 is 0. The lowest BCUT2D eigenvalue weighted by molar-refractivity contribution is 0.0509. The van der Waals surface area contributed by atoms with E-state index in [4.69, 9.17) is 4.74 Å². The van der Waals surface area contributed by atoms with Crippen LogP contribution in [0.3, 0.4) is 0 Å². The van der Waals surface area contributed by atoms with Crippen molar-refractivity contribution in [2.75, 3.05) is 7.11 Å². The fourth-order valence-corrected chi connectivity index (χ4v) is 1.56. The molecule has 4 nitrogen and oxygen atoms in total. The van der Waals surface area contributed by atoms with Crippen molar-refractivity contribution < 1.29 is 9.84 Å². The van der Waals surface area contributed by atoms with E-state index < -0.39 is 6.10 Å². The number of nitrogens with zero attached hydrogens (tertiary/aromatic N) is 2. The molecule has 1 heterocycles. The van der Waals surface area contributed by atoms with Crippen LogP contribution >= 0.6 is 0 Å². The number of imidazole rings is 1. The third-order valence-corrected chi connectivity index (χ3v) is 2.47. The first-order valence-corrected chi connectivity index (χ1v) is 5.40. The lowest BCUT2D eigenvalue weighted by Gasteiger charge is -2.16. The van der Waals surface area contributed by atoms with Crippen LogP contribution in [0.2, 0.25) is 0 Å². The minimum absolute atomic E-state index is 0.0479. The predicted octanol–water partition coefficient (Wildman–Crippen LogP) is 1.75. The van der Waals surface area contributed by atoms with Gasteiger partial charge in [0.1, 0.15) is 11.9 Å². The van der Waals surface area contributed by atoms with Gasteiger partial charge in [0.05, 0.1) is 6.10 Å². The Morgan fingerprint density at radius 3 is 2.93 bits per heavy atom. The molecular weight excluding hydrogens is 192 g/mol. The zero-order valence-corrected chi connectivity index (χ0v) is 9.68. The van der Waals surface area contributed by atoms with Crippen LogP contribution in [0.15, 0.2) is 12.4 Å². The van der Waals surface area contributed by atoms with Gasteiger partial charge >= 0.3 is 0 Å². The van der Waals surface area contributed by atoms with Crippen molar-refractivity contribution in [2.45, 2.75) is 45.4 Å². The van der Waals surface area contributed by atoms with E-state index in [9.17, 15) is 5.11 Å². The second kappa shape index (κ2) is 5.88. The van der Waals surface area contributed by atoms with Gasteiger partial charge in [-0.3, -0.25) is 0 Å². The van der Waals surface area contributed by atoms with Crippen LogP contribution < -0.4 is 0 Å². The lowest BCUT2D eigenvalue weighted by Crippen LogP contribution is -2.15. The number of methoxy groups -OCH3 is 1. The van der Waals surface area contributed by atoms with Gasteiger partial charge in [-0.2, -0.15) is 0 Å². The van der Waals surface area contributed by atoms with Gasteiger partial charge in [0.15, 0.2) is 0 Å². The van der Waals surface area contributed by atoms with Crippen LogP contribution in [0.5, 0.6) is 0 Å². The first-order chi connectivity index (χ1) is 7.19. The van der Waals surface area contributed by atoms with Crippen molar-refractivity contribution in [3.05, 3.63) is 18.2 Å². The number of aromatic nitrogens is 2. The largest absolute Gasteiger partial charge is 0.385 e. The second-order valence-electron chi connectivity index (χ2n) is 3.78. The number of ether oxygens (including phenoxy) is 1. The van der Waals surface area contributed by atoms with E-state index in [2.05, 4.69) is 11.9 Å². The molecule has 0 radical (unpaired) electrons. The molecule has 2 atom stereocenters. The first-order valence-electron chi connectivity index (χ1n) is 5.40. The fraction of sp³-hybridized carbons (Fsp3) is 0.727. The van der Waals surface area contributed by atoms with Gasteiger partial charge in [-0.1, -0.05) is 6.92 Å². The SMILES string of the molecule is CCCn1ccnc1C(O)CC(C)OC. The lowest BCUT2D eigenvalue weighted by atomic mass is 10.1. The van der Waals surface area contributed by atoms with E-state index in [1.807, 2.05) is 17.7 Å². The van der Waals surface area contributed by atoms with Crippen LogP contribution in [-0.2, 0) is 11.3 Å². The highest BCUT2D eigenvalue weighted by atomic mass is 16.5. The molecule has 15 heavy (non-hydrogen) atoms. The molecule has 0 saturated carbocycles. The van der Waals surface area contributed by atoms with Crippen LogP contribution in [0.4, 0.5) is 0 Å². The van der Waals surface area contributed by atoms with Crippen LogP contribution in [-0.4, -0.2) is 27.9 Å². The zero-order chi connectivity index (χ0) is 11.3. The van der Waals surface area contributed by atoms with E-state index in [0.29, 0.717) is 6.42 Å². The summed E-state index contributed by atoms with van der Waals surface area (Å²) in [4.78, 5) is 4.18. The Kier molecular flexibility index (Phi) is 4.78. The molecular formula is C11H20N2O2. The standard InChI is InChI=1S/C11H20N2O2/c1-4-6-13-7-5-12-11(13)10(14)8-9(2)15-3/h5,7,9-10,14H,4,6,8H2,1-3H3. The van der Waals surface area contributed by atoms with Gasteiger partial charge in [-0.25, -0.2) is 4.98 Å². The van der Waals surface area contributed by atoms with Crippen LogP contribution in [0, 0.1) is 0 Å². The Labute approximate surface area is 90.9 Å². The Bertz CT molecular complexity index is 286.